The van der Waals surface area contributed by atoms with Crippen molar-refractivity contribution in [3.63, 3.8) is 0 Å². The third kappa shape index (κ3) is 7.79. The molecular weight excluding hydrogens is 740 g/mol. The van der Waals surface area contributed by atoms with Crippen LogP contribution < -0.4 is 10.1 Å². The predicted octanol–water partition coefficient (Wildman–Crippen LogP) is 7.48. The number of hydrogen-bond donors (Lipinski definition) is 2. The van der Waals surface area contributed by atoms with Gasteiger partial charge in [0, 0.05) is 21.6 Å². The van der Waals surface area contributed by atoms with Crippen LogP contribution in [0.2, 0.25) is 0 Å². The minimum absolute atomic E-state index is 0.0589. The van der Waals surface area contributed by atoms with Crippen molar-refractivity contribution < 1.29 is 32.6 Å². The summed E-state index contributed by atoms with van der Waals surface area (Å²) < 4.78 is 46.8. The molecule has 246 valence electrons. The van der Waals surface area contributed by atoms with Gasteiger partial charge in [0.2, 0.25) is 11.8 Å². The minimum Gasteiger partial charge on any atom is -0.497 e. The standard InChI is InChI=1S/C36H34F3IN2O4S/c1-23-7-14-28(15-8-23)47-35(34(45)41-18-17-24-9-12-27(46-2)13-10-24)20-32(44)42(21-26-5-3-4-6-30(26)36(37,38)39)33(35)29-16-11-25(22-43)19-31(29)40/h3-16,19,33,43H,17-18,20-22H2,1-2H3,(H,41,45)/t33-,35-/m1/s1. The van der Waals surface area contributed by atoms with E-state index in [-0.39, 0.29) is 37.6 Å². The second kappa shape index (κ2) is 14.7. The largest absolute Gasteiger partial charge is 0.497 e. The van der Waals surface area contributed by atoms with Crippen LogP contribution in [0.25, 0.3) is 0 Å². The fourth-order valence-electron chi connectivity index (χ4n) is 5.85. The zero-order chi connectivity index (χ0) is 33.8. The molecule has 2 atom stereocenters. The summed E-state index contributed by atoms with van der Waals surface area (Å²) >= 11 is 3.35. The summed E-state index contributed by atoms with van der Waals surface area (Å²) in [6.07, 6.45) is -4.33. The molecule has 1 fully saturated rings. The number of alkyl halides is 3. The van der Waals surface area contributed by atoms with E-state index in [9.17, 15) is 27.9 Å². The lowest BCUT2D eigenvalue weighted by Gasteiger charge is -2.37. The van der Waals surface area contributed by atoms with Gasteiger partial charge >= 0.3 is 6.18 Å². The molecule has 1 saturated heterocycles. The van der Waals surface area contributed by atoms with Gasteiger partial charge in [-0.3, -0.25) is 9.59 Å². The number of benzene rings is 4. The molecule has 5 rings (SSSR count). The Morgan fingerprint density at radius 2 is 1.72 bits per heavy atom. The maximum Gasteiger partial charge on any atom is 0.416 e. The van der Waals surface area contributed by atoms with Gasteiger partial charge in [-0.25, -0.2) is 0 Å². The van der Waals surface area contributed by atoms with E-state index in [4.69, 9.17) is 4.74 Å². The van der Waals surface area contributed by atoms with Crippen LogP contribution in [0.1, 0.15) is 45.8 Å². The van der Waals surface area contributed by atoms with Crippen molar-refractivity contribution in [3.05, 3.63) is 128 Å². The van der Waals surface area contributed by atoms with E-state index in [1.807, 2.05) is 55.5 Å². The number of rotatable bonds is 11. The van der Waals surface area contributed by atoms with Crippen LogP contribution in [-0.2, 0) is 35.3 Å². The fraction of sp³-hybridized carbons (Fsp3) is 0.278. The SMILES string of the molecule is COc1ccc(CCNC(=O)[C@@]2(Sc3ccc(C)cc3)CC(=O)N(Cc3ccccc3C(F)(F)F)[C@@H]2c2ccc(CO)cc2I)cc1. The second-order valence-corrected chi connectivity index (χ2v) is 14.0. The number of hydrogen-bond acceptors (Lipinski definition) is 5. The van der Waals surface area contributed by atoms with E-state index in [0.717, 1.165) is 22.1 Å². The average molecular weight is 775 g/mol. The lowest BCUT2D eigenvalue weighted by molar-refractivity contribution is -0.139. The Bertz CT molecular complexity index is 1730. The molecule has 6 nitrogen and oxygen atoms in total. The second-order valence-electron chi connectivity index (χ2n) is 11.4. The first kappa shape index (κ1) is 34.8. The summed E-state index contributed by atoms with van der Waals surface area (Å²) in [5.74, 6) is -0.102. The quantitative estimate of drug-likeness (QED) is 0.155. The lowest BCUT2D eigenvalue weighted by Crippen LogP contribution is -2.49. The molecule has 0 unspecified atom stereocenters. The Kier molecular flexibility index (Phi) is 10.9. The lowest BCUT2D eigenvalue weighted by atomic mass is 9.90. The number of amides is 2. The Morgan fingerprint density at radius 3 is 2.36 bits per heavy atom. The zero-order valence-electron chi connectivity index (χ0n) is 25.8. The number of likely N-dealkylation sites (tertiary alicyclic amines) is 1. The first-order valence-electron chi connectivity index (χ1n) is 15.0. The van der Waals surface area contributed by atoms with Crippen LogP contribution >= 0.6 is 34.4 Å². The van der Waals surface area contributed by atoms with Crippen molar-refractivity contribution in [3.8, 4) is 5.75 Å². The molecule has 2 amide bonds. The number of carbonyl (C=O) groups excluding carboxylic acids is 2. The van der Waals surface area contributed by atoms with Gasteiger partial charge in [0.15, 0.2) is 0 Å². The maximum absolute atomic E-state index is 14.6. The molecule has 2 N–H and O–H groups in total. The van der Waals surface area contributed by atoms with Crippen LogP contribution in [0.3, 0.4) is 0 Å². The highest BCUT2D eigenvalue weighted by atomic mass is 127. The summed E-state index contributed by atoms with van der Waals surface area (Å²) in [6, 6.07) is 24.6. The van der Waals surface area contributed by atoms with Gasteiger partial charge in [0.05, 0.1) is 31.7 Å². The molecule has 47 heavy (non-hydrogen) atoms. The monoisotopic (exact) mass is 774 g/mol. The van der Waals surface area contributed by atoms with Crippen LogP contribution in [-0.4, -0.2) is 40.2 Å². The predicted molar refractivity (Wildman–Crippen MR) is 184 cm³/mol. The highest BCUT2D eigenvalue weighted by Crippen LogP contribution is 2.54. The average Bonchev–Trinajstić information content (AvgIpc) is 3.32. The Hall–Kier alpha value is -3.55. The fourth-order valence-corrected chi connectivity index (χ4v) is 8.14. The molecule has 4 aromatic carbocycles. The molecule has 1 heterocycles. The Labute approximate surface area is 289 Å². The normalized spacial score (nSPS) is 18.0. The number of methoxy groups -OCH3 is 1. The third-order valence-corrected chi connectivity index (χ3v) is 10.6. The third-order valence-electron chi connectivity index (χ3n) is 8.26. The van der Waals surface area contributed by atoms with Gasteiger partial charge in [-0.1, -0.05) is 60.2 Å². The smallest absolute Gasteiger partial charge is 0.416 e. The number of aryl methyl sites for hydroxylation is 1. The number of nitrogens with zero attached hydrogens (tertiary/aromatic N) is 1. The maximum atomic E-state index is 14.6. The van der Waals surface area contributed by atoms with Crippen LogP contribution in [0.4, 0.5) is 13.2 Å². The number of carbonyl (C=O) groups is 2. The van der Waals surface area contributed by atoms with Crippen molar-refractivity contribution in [2.45, 2.75) is 54.8 Å². The molecule has 0 aliphatic carbocycles. The first-order chi connectivity index (χ1) is 22.4. The van der Waals surface area contributed by atoms with E-state index in [1.165, 1.54) is 34.9 Å². The number of halogens is 4. The Balaban J connectivity index is 1.59. The topological polar surface area (TPSA) is 78.9 Å². The van der Waals surface area contributed by atoms with Crippen molar-refractivity contribution in [2.24, 2.45) is 0 Å². The first-order valence-corrected chi connectivity index (χ1v) is 16.9. The number of aliphatic hydroxyl groups excluding tert-OH is 1. The summed E-state index contributed by atoms with van der Waals surface area (Å²) in [5, 5.41) is 12.9. The Morgan fingerprint density at radius 1 is 1.04 bits per heavy atom. The number of aliphatic hydroxyl groups is 1. The van der Waals surface area contributed by atoms with E-state index in [0.29, 0.717) is 26.9 Å². The minimum atomic E-state index is -4.63. The molecule has 0 spiro atoms. The molecule has 0 aromatic heterocycles. The van der Waals surface area contributed by atoms with Crippen LogP contribution in [0.15, 0.2) is 95.9 Å². The van der Waals surface area contributed by atoms with Crippen LogP contribution in [0.5, 0.6) is 5.75 Å². The summed E-state index contributed by atoms with van der Waals surface area (Å²) in [5.41, 5.74) is 2.36. The van der Waals surface area contributed by atoms with Crippen LogP contribution in [0, 0.1) is 10.5 Å². The molecule has 0 bridgehead atoms. The van der Waals surface area contributed by atoms with E-state index in [1.54, 1.807) is 25.3 Å². The van der Waals surface area contributed by atoms with Crippen molar-refractivity contribution in [2.75, 3.05) is 13.7 Å². The zero-order valence-corrected chi connectivity index (χ0v) is 28.8. The highest BCUT2D eigenvalue weighted by molar-refractivity contribution is 14.1. The molecule has 0 radical (unpaired) electrons. The van der Waals surface area contributed by atoms with Gasteiger partial charge < -0.3 is 20.1 Å². The van der Waals surface area contributed by atoms with Gasteiger partial charge in [0.25, 0.3) is 0 Å². The van der Waals surface area contributed by atoms with Crippen molar-refractivity contribution in [1.82, 2.24) is 10.2 Å². The molecule has 1 aliphatic heterocycles. The van der Waals surface area contributed by atoms with Crippen molar-refractivity contribution in [1.29, 1.82) is 0 Å². The summed E-state index contributed by atoms with van der Waals surface area (Å²) in [4.78, 5) is 30.8. The van der Waals surface area contributed by atoms with Gasteiger partial charge in [-0.2, -0.15) is 13.2 Å². The molecule has 11 heteroatoms. The van der Waals surface area contributed by atoms with E-state index < -0.39 is 28.4 Å². The van der Waals surface area contributed by atoms with Gasteiger partial charge in [-0.15, -0.1) is 11.8 Å². The molecular formula is C36H34F3IN2O4S. The van der Waals surface area contributed by atoms with Crippen molar-refractivity contribution >= 4 is 46.2 Å². The van der Waals surface area contributed by atoms with E-state index in [2.05, 4.69) is 27.9 Å². The highest BCUT2D eigenvalue weighted by Gasteiger charge is 2.58. The number of ether oxygens (including phenoxy) is 1. The summed E-state index contributed by atoms with van der Waals surface area (Å²) in [7, 11) is 1.59. The molecule has 1 aliphatic rings. The van der Waals surface area contributed by atoms with E-state index >= 15 is 0 Å². The number of thioether (sulfide) groups is 1. The van der Waals surface area contributed by atoms with Gasteiger partial charge in [0.1, 0.15) is 10.5 Å². The summed E-state index contributed by atoms with van der Waals surface area (Å²) in [6.45, 7) is 1.67. The molecule has 0 saturated carbocycles. The molecule has 4 aromatic rings. The number of nitrogens with one attached hydrogen (secondary N) is 1. The van der Waals surface area contributed by atoms with Gasteiger partial charge in [-0.05, 0) is 94.6 Å².